The summed E-state index contributed by atoms with van der Waals surface area (Å²) in [5.74, 6) is -0.634. The Morgan fingerprint density at radius 3 is 2.79 bits per heavy atom. The number of rotatable bonds is 3. The first-order chi connectivity index (χ1) is 9.08. The Hall–Kier alpha value is -1.17. The Morgan fingerprint density at radius 2 is 2.16 bits per heavy atom. The van der Waals surface area contributed by atoms with Crippen molar-refractivity contribution in [2.45, 2.75) is 13.0 Å². The molecule has 0 bridgehead atoms. The van der Waals surface area contributed by atoms with Crippen LogP contribution in [0.15, 0.2) is 18.2 Å². The van der Waals surface area contributed by atoms with Gasteiger partial charge in [-0.05, 0) is 25.1 Å². The fourth-order valence-corrected chi connectivity index (χ4v) is 2.13. The molecule has 0 saturated carbocycles. The van der Waals surface area contributed by atoms with E-state index in [4.69, 9.17) is 16.3 Å². The average molecular weight is 287 g/mol. The van der Waals surface area contributed by atoms with Gasteiger partial charge in [-0.25, -0.2) is 4.39 Å². The van der Waals surface area contributed by atoms with E-state index in [0.717, 1.165) is 13.1 Å². The first-order valence-electron chi connectivity index (χ1n) is 6.15. The first-order valence-corrected chi connectivity index (χ1v) is 6.53. The number of hydrogen-bond donors (Lipinski definition) is 1. The van der Waals surface area contributed by atoms with Crippen LogP contribution in [0.4, 0.5) is 10.1 Å². The van der Waals surface area contributed by atoms with Gasteiger partial charge in [0.2, 0.25) is 5.91 Å². The molecule has 1 aliphatic rings. The lowest BCUT2D eigenvalue weighted by Crippen LogP contribution is -2.47. The molecule has 0 aromatic heterocycles. The summed E-state index contributed by atoms with van der Waals surface area (Å²) >= 11 is 5.67. The third-order valence-electron chi connectivity index (χ3n) is 3.16. The van der Waals surface area contributed by atoms with Gasteiger partial charge in [0.15, 0.2) is 0 Å². The van der Waals surface area contributed by atoms with Crippen LogP contribution in [0.5, 0.6) is 0 Å². The summed E-state index contributed by atoms with van der Waals surface area (Å²) in [5.41, 5.74) is 0.497. The molecule has 1 aromatic rings. The van der Waals surface area contributed by atoms with E-state index < -0.39 is 5.82 Å². The molecule has 2 rings (SSSR count). The number of carbonyl (C=O) groups is 1. The lowest BCUT2D eigenvalue weighted by Gasteiger charge is -2.31. The topological polar surface area (TPSA) is 41.6 Å². The van der Waals surface area contributed by atoms with Gasteiger partial charge in [-0.1, -0.05) is 11.6 Å². The highest BCUT2D eigenvalue weighted by atomic mass is 35.5. The number of hydrogen-bond acceptors (Lipinski definition) is 3. The lowest BCUT2D eigenvalue weighted by atomic mass is 10.2. The zero-order valence-corrected chi connectivity index (χ0v) is 11.4. The van der Waals surface area contributed by atoms with Crippen LogP contribution in [0.2, 0.25) is 5.02 Å². The zero-order valence-electron chi connectivity index (χ0n) is 10.7. The van der Waals surface area contributed by atoms with Crippen molar-refractivity contribution in [1.29, 1.82) is 0 Å². The maximum absolute atomic E-state index is 13.0. The smallest absolute Gasteiger partial charge is 0.241 e. The molecule has 1 heterocycles. The molecule has 6 heteroatoms. The minimum Gasteiger partial charge on any atom is -0.379 e. The van der Waals surface area contributed by atoms with Gasteiger partial charge < -0.3 is 10.1 Å². The predicted octanol–water partition coefficient (Wildman–Crippen LogP) is 2.14. The third kappa shape index (κ3) is 3.65. The molecule has 0 unspecified atom stereocenters. The third-order valence-corrected chi connectivity index (χ3v) is 3.45. The van der Waals surface area contributed by atoms with Crippen LogP contribution >= 0.6 is 11.6 Å². The van der Waals surface area contributed by atoms with Gasteiger partial charge in [-0.15, -0.1) is 0 Å². The molecule has 1 saturated heterocycles. The van der Waals surface area contributed by atoms with Crippen LogP contribution in [0.3, 0.4) is 0 Å². The van der Waals surface area contributed by atoms with Crippen LogP contribution < -0.4 is 5.32 Å². The van der Waals surface area contributed by atoms with Crippen molar-refractivity contribution in [3.05, 3.63) is 29.0 Å². The Kier molecular flexibility index (Phi) is 4.74. The molecule has 19 heavy (non-hydrogen) atoms. The summed E-state index contributed by atoms with van der Waals surface area (Å²) in [7, 11) is 0. The molecular weight excluding hydrogens is 271 g/mol. The largest absolute Gasteiger partial charge is 0.379 e. The second kappa shape index (κ2) is 6.32. The summed E-state index contributed by atoms with van der Waals surface area (Å²) < 4.78 is 18.3. The van der Waals surface area contributed by atoms with Crippen molar-refractivity contribution < 1.29 is 13.9 Å². The zero-order chi connectivity index (χ0) is 13.8. The minimum absolute atomic E-state index is 0.00294. The van der Waals surface area contributed by atoms with E-state index in [0.29, 0.717) is 18.9 Å². The van der Waals surface area contributed by atoms with Crippen LogP contribution in [0.1, 0.15) is 6.92 Å². The maximum Gasteiger partial charge on any atom is 0.241 e. The number of anilines is 1. The molecule has 104 valence electrons. The van der Waals surface area contributed by atoms with E-state index in [1.165, 1.54) is 18.2 Å². The van der Waals surface area contributed by atoms with Gasteiger partial charge in [0.25, 0.3) is 0 Å². The van der Waals surface area contributed by atoms with Crippen LogP contribution in [-0.4, -0.2) is 43.2 Å². The van der Waals surface area contributed by atoms with E-state index in [-0.39, 0.29) is 17.0 Å². The Bertz CT molecular complexity index is 464. The maximum atomic E-state index is 13.0. The summed E-state index contributed by atoms with van der Waals surface area (Å²) in [6.07, 6.45) is 0. The molecule has 1 atom stereocenters. The summed E-state index contributed by atoms with van der Waals surface area (Å²) in [5, 5.41) is 2.73. The average Bonchev–Trinajstić information content (AvgIpc) is 2.43. The Balaban J connectivity index is 1.97. The number of benzene rings is 1. The fraction of sp³-hybridized carbons (Fsp3) is 0.462. The van der Waals surface area contributed by atoms with Gasteiger partial charge in [-0.2, -0.15) is 0 Å². The first kappa shape index (κ1) is 14.2. The minimum atomic E-state index is -0.499. The standard InChI is InChI=1S/C13H16ClFN2O2/c1-9(17-4-6-19-7-5-17)13(18)16-10-2-3-12(15)11(14)8-10/h2-3,8-9H,4-7H2,1H3,(H,16,18)/t9-/m1/s1. The predicted molar refractivity (Wildman–Crippen MR) is 71.9 cm³/mol. The van der Waals surface area contributed by atoms with Crippen molar-refractivity contribution in [1.82, 2.24) is 4.90 Å². The molecule has 1 amide bonds. The van der Waals surface area contributed by atoms with E-state index in [1.807, 2.05) is 11.8 Å². The molecule has 1 aliphatic heterocycles. The molecule has 1 aromatic carbocycles. The lowest BCUT2D eigenvalue weighted by molar-refractivity contribution is -0.122. The van der Waals surface area contributed by atoms with Crippen LogP contribution in [0.25, 0.3) is 0 Å². The summed E-state index contributed by atoms with van der Waals surface area (Å²) in [6.45, 7) is 4.59. The van der Waals surface area contributed by atoms with Crippen LogP contribution in [0, 0.1) is 5.82 Å². The van der Waals surface area contributed by atoms with Gasteiger partial charge in [0.1, 0.15) is 5.82 Å². The van der Waals surface area contributed by atoms with Crippen molar-refractivity contribution in [3.8, 4) is 0 Å². The van der Waals surface area contributed by atoms with Crippen molar-refractivity contribution >= 4 is 23.2 Å². The van der Waals surface area contributed by atoms with Gasteiger partial charge >= 0.3 is 0 Å². The van der Waals surface area contributed by atoms with E-state index >= 15 is 0 Å². The molecule has 4 nitrogen and oxygen atoms in total. The Morgan fingerprint density at radius 1 is 1.47 bits per heavy atom. The normalized spacial score (nSPS) is 18.1. The quantitative estimate of drug-likeness (QED) is 0.926. The number of nitrogens with zero attached hydrogens (tertiary/aromatic N) is 1. The molecular formula is C13H16ClFN2O2. The van der Waals surface area contributed by atoms with E-state index in [1.54, 1.807) is 0 Å². The van der Waals surface area contributed by atoms with Gasteiger partial charge in [-0.3, -0.25) is 9.69 Å². The molecule has 0 aliphatic carbocycles. The van der Waals surface area contributed by atoms with Gasteiger partial charge in [0, 0.05) is 18.8 Å². The molecule has 0 radical (unpaired) electrons. The molecule has 1 N–H and O–H groups in total. The van der Waals surface area contributed by atoms with E-state index in [9.17, 15) is 9.18 Å². The second-order valence-corrected chi connectivity index (χ2v) is 4.85. The Labute approximate surface area is 116 Å². The highest BCUT2D eigenvalue weighted by Gasteiger charge is 2.23. The number of morpholine rings is 1. The fourth-order valence-electron chi connectivity index (χ4n) is 1.95. The van der Waals surface area contributed by atoms with Crippen molar-refractivity contribution in [2.75, 3.05) is 31.6 Å². The molecule has 1 fully saturated rings. The SMILES string of the molecule is C[C@H](C(=O)Nc1ccc(F)c(Cl)c1)N1CCOCC1. The monoisotopic (exact) mass is 286 g/mol. The summed E-state index contributed by atoms with van der Waals surface area (Å²) in [6, 6.07) is 3.87. The highest BCUT2D eigenvalue weighted by Crippen LogP contribution is 2.19. The van der Waals surface area contributed by atoms with Crippen LogP contribution in [-0.2, 0) is 9.53 Å². The number of carbonyl (C=O) groups excluding carboxylic acids is 1. The second-order valence-electron chi connectivity index (χ2n) is 4.44. The number of amides is 1. The number of nitrogens with one attached hydrogen (secondary N) is 1. The number of halogens is 2. The van der Waals surface area contributed by atoms with Crippen molar-refractivity contribution in [2.24, 2.45) is 0 Å². The van der Waals surface area contributed by atoms with E-state index in [2.05, 4.69) is 5.32 Å². The van der Waals surface area contributed by atoms with Gasteiger partial charge in [0.05, 0.1) is 24.3 Å². The van der Waals surface area contributed by atoms with Crippen molar-refractivity contribution in [3.63, 3.8) is 0 Å². The number of ether oxygens (including phenoxy) is 1. The molecule has 0 spiro atoms. The highest BCUT2D eigenvalue weighted by molar-refractivity contribution is 6.31. The summed E-state index contributed by atoms with van der Waals surface area (Å²) in [4.78, 5) is 14.1.